The van der Waals surface area contributed by atoms with Crippen molar-refractivity contribution in [1.82, 2.24) is 10.2 Å². The molecule has 8 nitrogen and oxygen atoms in total. The van der Waals surface area contributed by atoms with Crippen molar-refractivity contribution in [3.05, 3.63) is 54.1 Å². The van der Waals surface area contributed by atoms with E-state index in [1.807, 2.05) is 24.3 Å². The van der Waals surface area contributed by atoms with Crippen molar-refractivity contribution in [2.45, 2.75) is 16.5 Å². The van der Waals surface area contributed by atoms with E-state index in [0.29, 0.717) is 26.5 Å². The minimum Gasteiger partial charge on any atom is -0.495 e. The molecular weight excluding hydrogens is 444 g/mol. The molecule has 2 aromatic carbocycles. The van der Waals surface area contributed by atoms with Crippen molar-refractivity contribution < 1.29 is 17.9 Å². The number of nitrogens with zero attached hydrogens (tertiary/aromatic N) is 2. The molecule has 0 bridgehead atoms. The Balaban J connectivity index is 1.63. The lowest BCUT2D eigenvalue weighted by molar-refractivity contribution is 0.0994. The van der Waals surface area contributed by atoms with Crippen LogP contribution in [0.2, 0.25) is 0 Å². The van der Waals surface area contributed by atoms with Crippen molar-refractivity contribution in [2.24, 2.45) is 0 Å². The molecule has 0 radical (unpaired) electrons. The number of aromatic nitrogens is 2. The van der Waals surface area contributed by atoms with Crippen molar-refractivity contribution >= 4 is 55.4 Å². The Morgan fingerprint density at radius 2 is 1.83 bits per heavy atom. The number of hydrogen-bond donors (Lipinski definition) is 2. The standard InChI is InChI=1S/C19H20N4O4S3/c1-12(17(24)13-8-10-14(11-9-13)23-30(3,25)26)28-19-22-21-18(29-19)20-15-6-4-5-7-16(15)27-2/h4-12,23H,1-3H3,(H,20,21). The predicted octanol–water partition coefficient (Wildman–Crippen LogP) is 4.03. The highest BCUT2D eigenvalue weighted by Gasteiger charge is 2.19. The van der Waals surface area contributed by atoms with Crippen LogP contribution in [0.1, 0.15) is 17.3 Å². The van der Waals surface area contributed by atoms with Crippen LogP contribution in [0.15, 0.2) is 52.9 Å². The number of ether oxygens (including phenoxy) is 1. The SMILES string of the molecule is COc1ccccc1Nc1nnc(SC(C)C(=O)c2ccc(NS(C)(=O)=O)cc2)s1. The Bertz CT molecular complexity index is 1130. The Hall–Kier alpha value is -2.63. The monoisotopic (exact) mass is 464 g/mol. The normalized spacial score (nSPS) is 12.2. The molecule has 1 atom stereocenters. The lowest BCUT2D eigenvalue weighted by atomic mass is 10.1. The predicted molar refractivity (Wildman–Crippen MR) is 121 cm³/mol. The number of anilines is 3. The van der Waals surface area contributed by atoms with Gasteiger partial charge in [-0.25, -0.2) is 8.42 Å². The number of hydrogen-bond acceptors (Lipinski definition) is 9. The summed E-state index contributed by atoms with van der Waals surface area (Å²) in [5.74, 6) is 0.611. The zero-order valence-corrected chi connectivity index (χ0v) is 18.9. The van der Waals surface area contributed by atoms with Gasteiger partial charge in [0.2, 0.25) is 15.2 Å². The molecule has 3 aromatic rings. The van der Waals surface area contributed by atoms with Gasteiger partial charge in [-0.3, -0.25) is 9.52 Å². The average molecular weight is 465 g/mol. The Kier molecular flexibility index (Phi) is 6.95. The molecule has 158 valence electrons. The number of ketones is 1. The van der Waals surface area contributed by atoms with Crippen LogP contribution < -0.4 is 14.8 Å². The van der Waals surface area contributed by atoms with E-state index in [2.05, 4.69) is 20.2 Å². The van der Waals surface area contributed by atoms with Crippen LogP contribution in [0.25, 0.3) is 0 Å². The Labute approximate surface area is 183 Å². The van der Waals surface area contributed by atoms with Gasteiger partial charge in [-0.15, -0.1) is 10.2 Å². The summed E-state index contributed by atoms with van der Waals surface area (Å²) in [4.78, 5) is 12.7. The second-order valence-corrected chi connectivity index (χ2v) is 10.6. The molecule has 11 heteroatoms. The molecular formula is C19H20N4O4S3. The summed E-state index contributed by atoms with van der Waals surface area (Å²) in [5.41, 5.74) is 1.68. The Morgan fingerprint density at radius 3 is 2.50 bits per heavy atom. The highest BCUT2D eigenvalue weighted by molar-refractivity contribution is 8.02. The van der Waals surface area contributed by atoms with Gasteiger partial charge in [-0.05, 0) is 43.3 Å². The molecule has 0 aliphatic rings. The number of thioether (sulfide) groups is 1. The third kappa shape index (κ3) is 5.94. The van der Waals surface area contributed by atoms with Crippen LogP contribution in [0.5, 0.6) is 5.75 Å². The molecule has 0 amide bonds. The first-order chi connectivity index (χ1) is 14.2. The summed E-state index contributed by atoms with van der Waals surface area (Å²) in [5, 5.41) is 11.6. The summed E-state index contributed by atoms with van der Waals surface area (Å²) in [7, 11) is -1.76. The van der Waals surface area contributed by atoms with Gasteiger partial charge in [0.1, 0.15) is 5.75 Å². The van der Waals surface area contributed by atoms with Gasteiger partial charge in [0.25, 0.3) is 0 Å². The Morgan fingerprint density at radius 1 is 1.13 bits per heavy atom. The fourth-order valence-electron chi connectivity index (χ4n) is 2.53. The number of benzene rings is 2. The summed E-state index contributed by atoms with van der Waals surface area (Å²) in [6, 6.07) is 13.8. The molecule has 0 aliphatic carbocycles. The number of carbonyl (C=O) groups excluding carboxylic acids is 1. The van der Waals surface area contributed by atoms with Crippen molar-refractivity contribution in [1.29, 1.82) is 0 Å². The van der Waals surface area contributed by atoms with Gasteiger partial charge in [-0.1, -0.05) is 35.2 Å². The fraction of sp³-hybridized carbons (Fsp3) is 0.211. The molecule has 30 heavy (non-hydrogen) atoms. The summed E-state index contributed by atoms with van der Waals surface area (Å²) in [6.45, 7) is 1.80. The molecule has 2 N–H and O–H groups in total. The smallest absolute Gasteiger partial charge is 0.229 e. The molecule has 1 unspecified atom stereocenters. The summed E-state index contributed by atoms with van der Waals surface area (Å²) in [6.07, 6.45) is 1.07. The van der Waals surface area contributed by atoms with E-state index in [-0.39, 0.29) is 11.0 Å². The minimum atomic E-state index is -3.36. The number of methoxy groups -OCH3 is 1. The number of carbonyl (C=O) groups is 1. The maximum Gasteiger partial charge on any atom is 0.229 e. The molecule has 0 saturated carbocycles. The van der Waals surface area contributed by atoms with Crippen molar-refractivity contribution in [2.75, 3.05) is 23.4 Å². The van der Waals surface area contributed by atoms with E-state index >= 15 is 0 Å². The zero-order chi connectivity index (χ0) is 21.7. The first-order valence-electron chi connectivity index (χ1n) is 8.77. The minimum absolute atomic E-state index is 0.0830. The van der Waals surface area contributed by atoms with Crippen LogP contribution in [-0.4, -0.2) is 43.0 Å². The van der Waals surface area contributed by atoms with Crippen LogP contribution in [0.4, 0.5) is 16.5 Å². The van der Waals surface area contributed by atoms with Crippen LogP contribution in [0, 0.1) is 0 Å². The van der Waals surface area contributed by atoms with E-state index in [0.717, 1.165) is 11.9 Å². The molecule has 0 saturated heterocycles. The van der Waals surface area contributed by atoms with Gasteiger partial charge >= 0.3 is 0 Å². The maximum absolute atomic E-state index is 12.7. The number of rotatable bonds is 9. The first kappa shape index (κ1) is 22.1. The van der Waals surface area contributed by atoms with Gasteiger partial charge < -0.3 is 10.1 Å². The summed E-state index contributed by atoms with van der Waals surface area (Å²) < 4.78 is 30.9. The van der Waals surface area contributed by atoms with E-state index in [1.54, 1.807) is 38.3 Å². The van der Waals surface area contributed by atoms with E-state index in [9.17, 15) is 13.2 Å². The topological polar surface area (TPSA) is 110 Å². The number of para-hydroxylation sites is 2. The lowest BCUT2D eigenvalue weighted by Crippen LogP contribution is -2.14. The van der Waals surface area contributed by atoms with Crippen molar-refractivity contribution in [3.8, 4) is 5.75 Å². The number of Topliss-reactive ketones (excluding diaryl/α,β-unsaturated/α-hetero) is 1. The van der Waals surface area contributed by atoms with E-state index in [1.165, 1.54) is 23.1 Å². The van der Waals surface area contributed by atoms with Crippen LogP contribution in [-0.2, 0) is 10.0 Å². The van der Waals surface area contributed by atoms with Gasteiger partial charge in [0, 0.05) is 11.3 Å². The van der Waals surface area contributed by atoms with Gasteiger partial charge in [-0.2, -0.15) is 0 Å². The van der Waals surface area contributed by atoms with Crippen molar-refractivity contribution in [3.63, 3.8) is 0 Å². The zero-order valence-electron chi connectivity index (χ0n) is 16.4. The van der Waals surface area contributed by atoms with Gasteiger partial charge in [0.15, 0.2) is 10.1 Å². The third-order valence-corrected chi connectivity index (χ3v) is 6.50. The van der Waals surface area contributed by atoms with E-state index in [4.69, 9.17) is 4.74 Å². The first-order valence-corrected chi connectivity index (χ1v) is 12.4. The van der Waals surface area contributed by atoms with Crippen LogP contribution in [0.3, 0.4) is 0 Å². The molecule has 1 heterocycles. The number of nitrogens with one attached hydrogen (secondary N) is 2. The number of sulfonamides is 1. The largest absolute Gasteiger partial charge is 0.495 e. The second kappa shape index (κ2) is 9.45. The quantitative estimate of drug-likeness (QED) is 0.361. The second-order valence-electron chi connectivity index (χ2n) is 6.27. The highest BCUT2D eigenvalue weighted by Crippen LogP contribution is 2.33. The molecule has 0 aliphatic heterocycles. The maximum atomic E-state index is 12.7. The molecule has 3 rings (SSSR count). The van der Waals surface area contributed by atoms with E-state index < -0.39 is 10.0 Å². The van der Waals surface area contributed by atoms with Crippen LogP contribution >= 0.6 is 23.1 Å². The third-order valence-electron chi connectivity index (χ3n) is 3.87. The lowest BCUT2D eigenvalue weighted by Gasteiger charge is -2.09. The van der Waals surface area contributed by atoms with Gasteiger partial charge in [0.05, 0.1) is 24.3 Å². The molecule has 1 aromatic heterocycles. The molecule has 0 spiro atoms. The summed E-state index contributed by atoms with van der Waals surface area (Å²) >= 11 is 2.66. The fourth-order valence-corrected chi connectivity index (χ4v) is 5.08. The average Bonchev–Trinajstić information content (AvgIpc) is 3.14. The highest BCUT2D eigenvalue weighted by atomic mass is 32.2. The molecule has 0 fully saturated rings.